The van der Waals surface area contributed by atoms with E-state index in [1.807, 2.05) is 13.8 Å². The van der Waals surface area contributed by atoms with Gasteiger partial charge in [-0.3, -0.25) is 9.59 Å². The molecule has 0 unspecified atom stereocenters. The van der Waals surface area contributed by atoms with Crippen molar-refractivity contribution in [1.29, 1.82) is 0 Å². The number of nitrogens with zero attached hydrogens (tertiary/aromatic N) is 3. The molecule has 1 aliphatic heterocycles. The number of hydrogen-bond donors (Lipinski definition) is 1. The number of rotatable bonds is 5. The molecule has 0 aromatic carbocycles. The van der Waals surface area contributed by atoms with Crippen molar-refractivity contribution in [3.8, 4) is 0 Å². The number of hydrogen-bond acceptors (Lipinski definition) is 4. The van der Waals surface area contributed by atoms with Crippen LogP contribution in [0.2, 0.25) is 0 Å². The van der Waals surface area contributed by atoms with Gasteiger partial charge >= 0.3 is 0 Å². The molecule has 25 heavy (non-hydrogen) atoms. The standard InChI is InChI=1S/C19H28N4O2/c1-12(2)23-11-14(10-18(23)24)19(25)20-9-8-17-21-13(3)15-6-4-5-7-16(15)22-17/h12,14H,4-11H2,1-3H3,(H,20,25)/t14-/m0/s1. The summed E-state index contributed by atoms with van der Waals surface area (Å²) in [5, 5.41) is 2.95. The minimum Gasteiger partial charge on any atom is -0.355 e. The van der Waals surface area contributed by atoms with Crippen LogP contribution in [0.15, 0.2) is 0 Å². The van der Waals surface area contributed by atoms with E-state index in [2.05, 4.69) is 17.2 Å². The van der Waals surface area contributed by atoms with Crippen LogP contribution in [-0.2, 0) is 28.9 Å². The van der Waals surface area contributed by atoms with Crippen molar-refractivity contribution < 1.29 is 9.59 Å². The highest BCUT2D eigenvalue weighted by Gasteiger charge is 2.35. The summed E-state index contributed by atoms with van der Waals surface area (Å²) in [6.07, 6.45) is 5.49. The van der Waals surface area contributed by atoms with Crippen molar-refractivity contribution in [3.05, 3.63) is 22.8 Å². The first-order chi connectivity index (χ1) is 12.0. The fourth-order valence-electron chi connectivity index (χ4n) is 3.80. The summed E-state index contributed by atoms with van der Waals surface area (Å²) in [5.74, 6) is 0.612. The second-order valence-electron chi connectivity index (χ2n) is 7.44. The lowest BCUT2D eigenvalue weighted by Gasteiger charge is -2.20. The lowest BCUT2D eigenvalue weighted by Crippen LogP contribution is -2.36. The van der Waals surface area contributed by atoms with Crippen molar-refractivity contribution in [2.45, 2.75) is 65.3 Å². The van der Waals surface area contributed by atoms with E-state index >= 15 is 0 Å². The van der Waals surface area contributed by atoms with Gasteiger partial charge in [-0.25, -0.2) is 9.97 Å². The minimum atomic E-state index is -0.235. The van der Waals surface area contributed by atoms with Crippen LogP contribution in [0.3, 0.4) is 0 Å². The van der Waals surface area contributed by atoms with Crippen molar-refractivity contribution in [2.24, 2.45) is 5.92 Å². The Balaban J connectivity index is 1.52. The summed E-state index contributed by atoms with van der Waals surface area (Å²) in [5.41, 5.74) is 3.59. The molecule has 0 radical (unpaired) electrons. The Morgan fingerprint density at radius 3 is 2.76 bits per heavy atom. The van der Waals surface area contributed by atoms with Gasteiger partial charge in [-0.15, -0.1) is 0 Å². The van der Waals surface area contributed by atoms with Crippen LogP contribution >= 0.6 is 0 Å². The van der Waals surface area contributed by atoms with Gasteiger partial charge in [0, 0.05) is 43.4 Å². The van der Waals surface area contributed by atoms with Gasteiger partial charge in [0.2, 0.25) is 11.8 Å². The van der Waals surface area contributed by atoms with Crippen LogP contribution in [0.5, 0.6) is 0 Å². The molecular formula is C19H28N4O2. The molecule has 1 N–H and O–H groups in total. The van der Waals surface area contributed by atoms with Crippen LogP contribution < -0.4 is 5.32 Å². The van der Waals surface area contributed by atoms with E-state index in [4.69, 9.17) is 4.98 Å². The molecule has 1 aromatic heterocycles. The van der Waals surface area contributed by atoms with E-state index in [1.54, 1.807) is 4.90 Å². The smallest absolute Gasteiger partial charge is 0.225 e. The summed E-state index contributed by atoms with van der Waals surface area (Å²) in [7, 11) is 0. The molecule has 1 saturated heterocycles. The molecule has 1 fully saturated rings. The molecule has 3 rings (SSSR count). The molecule has 0 bridgehead atoms. The molecule has 1 aliphatic carbocycles. The predicted octanol–water partition coefficient (Wildman–Crippen LogP) is 1.58. The van der Waals surface area contributed by atoms with Gasteiger partial charge in [0.15, 0.2) is 0 Å². The van der Waals surface area contributed by atoms with Gasteiger partial charge in [-0.05, 0) is 52.0 Å². The monoisotopic (exact) mass is 344 g/mol. The quantitative estimate of drug-likeness (QED) is 0.880. The third-order valence-corrected chi connectivity index (χ3v) is 5.24. The molecule has 1 aromatic rings. The van der Waals surface area contributed by atoms with Crippen LogP contribution in [0.1, 0.15) is 55.9 Å². The molecule has 0 spiro atoms. The first-order valence-electron chi connectivity index (χ1n) is 9.38. The number of amides is 2. The summed E-state index contributed by atoms with van der Waals surface area (Å²) >= 11 is 0. The van der Waals surface area contributed by atoms with Crippen molar-refractivity contribution >= 4 is 11.8 Å². The van der Waals surface area contributed by atoms with Crippen molar-refractivity contribution in [1.82, 2.24) is 20.2 Å². The maximum Gasteiger partial charge on any atom is 0.225 e. The van der Waals surface area contributed by atoms with E-state index in [0.717, 1.165) is 24.4 Å². The molecule has 6 nitrogen and oxygen atoms in total. The molecule has 1 atom stereocenters. The number of carbonyl (C=O) groups is 2. The van der Waals surface area contributed by atoms with Crippen molar-refractivity contribution in [3.63, 3.8) is 0 Å². The SMILES string of the molecule is Cc1nc(CCNC(=O)[C@H]2CC(=O)N(C(C)C)C2)nc2c1CCCC2. The molecule has 2 aliphatic rings. The van der Waals surface area contributed by atoms with Crippen LogP contribution in [0.25, 0.3) is 0 Å². The average molecular weight is 344 g/mol. The van der Waals surface area contributed by atoms with Gasteiger partial charge in [-0.2, -0.15) is 0 Å². The molecule has 2 heterocycles. The zero-order valence-corrected chi connectivity index (χ0v) is 15.5. The molecule has 136 valence electrons. The zero-order chi connectivity index (χ0) is 18.0. The largest absolute Gasteiger partial charge is 0.355 e. The van der Waals surface area contributed by atoms with Gasteiger partial charge in [0.05, 0.1) is 5.92 Å². The fourth-order valence-corrected chi connectivity index (χ4v) is 3.80. The third kappa shape index (κ3) is 3.99. The summed E-state index contributed by atoms with van der Waals surface area (Å²) in [4.78, 5) is 35.3. The minimum absolute atomic E-state index is 0.0359. The topological polar surface area (TPSA) is 75.2 Å². The molecule has 0 saturated carbocycles. The Bertz CT molecular complexity index is 672. The van der Waals surface area contributed by atoms with E-state index in [1.165, 1.54) is 24.1 Å². The molecule has 2 amide bonds. The third-order valence-electron chi connectivity index (χ3n) is 5.24. The van der Waals surface area contributed by atoms with Crippen LogP contribution in [-0.4, -0.2) is 45.8 Å². The average Bonchev–Trinajstić information content (AvgIpc) is 2.97. The highest BCUT2D eigenvalue weighted by Crippen LogP contribution is 2.22. The lowest BCUT2D eigenvalue weighted by molar-refractivity contribution is -0.129. The summed E-state index contributed by atoms with van der Waals surface area (Å²) in [6.45, 7) is 7.06. The van der Waals surface area contributed by atoms with Gasteiger partial charge < -0.3 is 10.2 Å². The second kappa shape index (κ2) is 7.50. The van der Waals surface area contributed by atoms with Gasteiger partial charge in [0.1, 0.15) is 5.82 Å². The highest BCUT2D eigenvalue weighted by atomic mass is 16.2. The second-order valence-corrected chi connectivity index (χ2v) is 7.44. The van der Waals surface area contributed by atoms with E-state index in [0.29, 0.717) is 25.9 Å². The first-order valence-corrected chi connectivity index (χ1v) is 9.38. The number of nitrogens with one attached hydrogen (secondary N) is 1. The maximum atomic E-state index is 12.3. The maximum absolute atomic E-state index is 12.3. The Hall–Kier alpha value is -1.98. The van der Waals surface area contributed by atoms with Crippen LogP contribution in [0.4, 0.5) is 0 Å². The van der Waals surface area contributed by atoms with Crippen LogP contribution in [0, 0.1) is 12.8 Å². The number of fused-ring (bicyclic) bond motifs is 1. The van der Waals surface area contributed by atoms with E-state index in [-0.39, 0.29) is 23.8 Å². The van der Waals surface area contributed by atoms with E-state index in [9.17, 15) is 9.59 Å². The zero-order valence-electron chi connectivity index (χ0n) is 15.5. The van der Waals surface area contributed by atoms with Crippen molar-refractivity contribution in [2.75, 3.05) is 13.1 Å². The van der Waals surface area contributed by atoms with Gasteiger partial charge in [-0.1, -0.05) is 0 Å². The Kier molecular flexibility index (Phi) is 5.35. The molecule has 6 heteroatoms. The Morgan fingerprint density at radius 2 is 2.04 bits per heavy atom. The lowest BCUT2D eigenvalue weighted by atomic mass is 9.95. The number of likely N-dealkylation sites (tertiary alicyclic amines) is 1. The number of aromatic nitrogens is 2. The fraction of sp³-hybridized carbons (Fsp3) is 0.684. The first kappa shape index (κ1) is 17.8. The van der Waals surface area contributed by atoms with E-state index < -0.39 is 0 Å². The normalized spacial score (nSPS) is 20.1. The van der Waals surface area contributed by atoms with Gasteiger partial charge in [0.25, 0.3) is 0 Å². The number of aryl methyl sites for hydroxylation is 2. The highest BCUT2D eigenvalue weighted by molar-refractivity contribution is 5.89. The number of carbonyl (C=O) groups excluding carboxylic acids is 2. The predicted molar refractivity (Wildman–Crippen MR) is 95.1 cm³/mol. The Labute approximate surface area is 149 Å². The summed E-state index contributed by atoms with van der Waals surface area (Å²) in [6, 6.07) is 0.150. The molecular weight excluding hydrogens is 316 g/mol. The Morgan fingerprint density at radius 1 is 1.28 bits per heavy atom. The summed E-state index contributed by atoms with van der Waals surface area (Å²) < 4.78 is 0.